The Bertz CT molecular complexity index is 1220. The lowest BCUT2D eigenvalue weighted by Gasteiger charge is -2.36. The molecule has 3 aromatic rings. The summed E-state index contributed by atoms with van der Waals surface area (Å²) in [6, 6.07) is 24.5. The number of nitrogens with zero attached hydrogens (tertiary/aromatic N) is 3. The predicted octanol–water partition coefficient (Wildman–Crippen LogP) is 3.92. The van der Waals surface area contributed by atoms with E-state index in [2.05, 4.69) is 20.4 Å². The smallest absolute Gasteiger partial charge is 0.335 e. The number of aromatic carboxylic acids is 1. The Morgan fingerprint density at radius 2 is 1.56 bits per heavy atom. The van der Waals surface area contributed by atoms with Gasteiger partial charge >= 0.3 is 5.97 Å². The van der Waals surface area contributed by atoms with E-state index in [0.717, 1.165) is 16.8 Å². The number of amides is 1. The first kappa shape index (κ1) is 24.9. The highest BCUT2D eigenvalue weighted by atomic mass is 16.4. The Morgan fingerprint density at radius 3 is 2.25 bits per heavy atom. The van der Waals surface area contributed by atoms with Gasteiger partial charge in [-0.25, -0.2) is 9.79 Å². The molecular formula is C28H31N5O3. The monoisotopic (exact) mass is 485 g/mol. The van der Waals surface area contributed by atoms with Crippen LogP contribution in [0.1, 0.15) is 21.5 Å². The van der Waals surface area contributed by atoms with Crippen LogP contribution in [-0.2, 0) is 11.3 Å². The van der Waals surface area contributed by atoms with Gasteiger partial charge in [-0.2, -0.15) is 0 Å². The number of anilines is 2. The van der Waals surface area contributed by atoms with Crippen molar-refractivity contribution in [1.82, 2.24) is 9.80 Å². The van der Waals surface area contributed by atoms with Crippen LogP contribution in [0, 0.1) is 6.92 Å². The van der Waals surface area contributed by atoms with Crippen molar-refractivity contribution in [2.24, 2.45) is 4.99 Å². The summed E-state index contributed by atoms with van der Waals surface area (Å²) in [5.41, 5.74) is 3.88. The number of rotatable bonds is 7. The second kappa shape index (κ2) is 12.0. The molecule has 36 heavy (non-hydrogen) atoms. The molecule has 1 aliphatic rings. The number of hydrogen-bond acceptors (Lipinski definition) is 4. The van der Waals surface area contributed by atoms with Crippen molar-refractivity contribution in [3.63, 3.8) is 0 Å². The molecule has 8 nitrogen and oxygen atoms in total. The van der Waals surface area contributed by atoms with Crippen molar-refractivity contribution in [2.45, 2.75) is 13.5 Å². The number of guanidine groups is 1. The van der Waals surface area contributed by atoms with Gasteiger partial charge in [-0.05, 0) is 48.4 Å². The van der Waals surface area contributed by atoms with E-state index < -0.39 is 5.97 Å². The van der Waals surface area contributed by atoms with E-state index in [1.807, 2.05) is 67.6 Å². The molecule has 186 valence electrons. The van der Waals surface area contributed by atoms with E-state index >= 15 is 0 Å². The first-order valence-electron chi connectivity index (χ1n) is 12.0. The summed E-state index contributed by atoms with van der Waals surface area (Å²) in [5, 5.41) is 15.6. The van der Waals surface area contributed by atoms with Crippen LogP contribution in [0.5, 0.6) is 0 Å². The Labute approximate surface area is 211 Å². The van der Waals surface area contributed by atoms with Gasteiger partial charge < -0.3 is 20.6 Å². The second-order valence-electron chi connectivity index (χ2n) is 8.82. The molecule has 0 atom stereocenters. The van der Waals surface area contributed by atoms with Crippen LogP contribution in [0.2, 0.25) is 0 Å². The first-order chi connectivity index (χ1) is 17.5. The number of carboxylic acids is 1. The number of carbonyl (C=O) groups excluding carboxylic acids is 1. The minimum atomic E-state index is -0.973. The molecule has 8 heteroatoms. The molecule has 3 aromatic carbocycles. The highest BCUT2D eigenvalue weighted by Crippen LogP contribution is 2.14. The predicted molar refractivity (Wildman–Crippen MR) is 142 cm³/mol. The largest absolute Gasteiger partial charge is 0.478 e. The maximum Gasteiger partial charge on any atom is 0.335 e. The van der Waals surface area contributed by atoms with Crippen LogP contribution in [0.3, 0.4) is 0 Å². The molecular weight excluding hydrogens is 454 g/mol. The molecule has 0 radical (unpaired) electrons. The number of nitrogens with one attached hydrogen (secondary N) is 2. The molecule has 0 unspecified atom stereocenters. The molecule has 1 amide bonds. The number of piperazine rings is 1. The lowest BCUT2D eigenvalue weighted by molar-refractivity contribution is -0.117. The van der Waals surface area contributed by atoms with Crippen LogP contribution in [0.4, 0.5) is 11.4 Å². The molecule has 0 aliphatic carbocycles. The number of carbonyl (C=O) groups is 2. The molecule has 3 N–H and O–H groups in total. The summed E-state index contributed by atoms with van der Waals surface area (Å²) in [5.74, 6) is -0.320. The molecule has 0 saturated carbocycles. The highest BCUT2D eigenvalue weighted by molar-refractivity contribution is 5.96. The van der Waals surface area contributed by atoms with Crippen molar-refractivity contribution in [2.75, 3.05) is 43.4 Å². The van der Waals surface area contributed by atoms with E-state index in [0.29, 0.717) is 50.9 Å². The van der Waals surface area contributed by atoms with Gasteiger partial charge in [-0.1, -0.05) is 48.5 Å². The van der Waals surface area contributed by atoms with Crippen molar-refractivity contribution < 1.29 is 14.7 Å². The Hall–Kier alpha value is -4.17. The van der Waals surface area contributed by atoms with E-state index in [1.54, 1.807) is 18.2 Å². The molecule has 0 bridgehead atoms. The van der Waals surface area contributed by atoms with Gasteiger partial charge in [0.15, 0.2) is 5.96 Å². The molecule has 0 spiro atoms. The average Bonchev–Trinajstić information content (AvgIpc) is 2.88. The van der Waals surface area contributed by atoms with E-state index in [4.69, 9.17) is 4.99 Å². The summed E-state index contributed by atoms with van der Waals surface area (Å²) in [6.07, 6.45) is 0. The second-order valence-corrected chi connectivity index (χ2v) is 8.82. The molecule has 1 fully saturated rings. The van der Waals surface area contributed by atoms with Crippen LogP contribution < -0.4 is 10.6 Å². The fourth-order valence-electron chi connectivity index (χ4n) is 4.07. The van der Waals surface area contributed by atoms with E-state index in [9.17, 15) is 14.7 Å². The lowest BCUT2D eigenvalue weighted by atomic mass is 10.2. The minimum Gasteiger partial charge on any atom is -0.478 e. The third-order valence-corrected chi connectivity index (χ3v) is 5.96. The summed E-state index contributed by atoms with van der Waals surface area (Å²) < 4.78 is 0. The van der Waals surface area contributed by atoms with Crippen LogP contribution in [-0.4, -0.2) is 65.5 Å². The van der Waals surface area contributed by atoms with Crippen LogP contribution in [0.15, 0.2) is 83.9 Å². The summed E-state index contributed by atoms with van der Waals surface area (Å²) in [6.45, 7) is 5.63. The van der Waals surface area contributed by atoms with Crippen molar-refractivity contribution in [1.29, 1.82) is 0 Å². The molecule has 0 aromatic heterocycles. The van der Waals surface area contributed by atoms with Crippen LogP contribution in [0.25, 0.3) is 0 Å². The van der Waals surface area contributed by atoms with Gasteiger partial charge in [0, 0.05) is 37.6 Å². The van der Waals surface area contributed by atoms with Gasteiger partial charge in [0.2, 0.25) is 5.91 Å². The van der Waals surface area contributed by atoms with Crippen molar-refractivity contribution in [3.05, 3.63) is 95.6 Å². The fraction of sp³-hybridized carbons (Fsp3) is 0.250. The van der Waals surface area contributed by atoms with Gasteiger partial charge in [0.05, 0.1) is 18.7 Å². The van der Waals surface area contributed by atoms with Crippen molar-refractivity contribution in [3.8, 4) is 0 Å². The van der Waals surface area contributed by atoms with Crippen molar-refractivity contribution >= 4 is 29.2 Å². The maximum atomic E-state index is 12.5. The summed E-state index contributed by atoms with van der Waals surface area (Å²) >= 11 is 0. The van der Waals surface area contributed by atoms with Crippen LogP contribution >= 0.6 is 0 Å². The van der Waals surface area contributed by atoms with Gasteiger partial charge in [-0.15, -0.1) is 0 Å². The molecule has 1 saturated heterocycles. The standard InChI is InChI=1S/C28H31N5O3/c1-21-7-5-11-24(17-21)30-26(34)20-32-13-15-33(16-14-32)28(29-19-22-8-3-2-4-9-22)31-25-12-6-10-23(18-25)27(35)36/h2-12,17-18H,13-16,19-20H2,1H3,(H,29,31)(H,30,34)(H,35,36). The van der Waals surface area contributed by atoms with Gasteiger partial charge in [0.1, 0.15) is 0 Å². The highest BCUT2D eigenvalue weighted by Gasteiger charge is 2.22. The zero-order valence-electron chi connectivity index (χ0n) is 20.4. The van der Waals surface area contributed by atoms with Gasteiger partial charge in [0.25, 0.3) is 0 Å². The Kier molecular flexibility index (Phi) is 8.31. The van der Waals surface area contributed by atoms with Gasteiger partial charge in [-0.3, -0.25) is 9.69 Å². The molecule has 1 aliphatic heterocycles. The topological polar surface area (TPSA) is 97.3 Å². The molecule has 1 heterocycles. The fourth-order valence-corrected chi connectivity index (χ4v) is 4.07. The zero-order valence-corrected chi connectivity index (χ0v) is 20.4. The summed E-state index contributed by atoms with van der Waals surface area (Å²) in [4.78, 5) is 33.0. The Balaban J connectivity index is 1.40. The number of benzene rings is 3. The van der Waals surface area contributed by atoms with E-state index in [-0.39, 0.29) is 11.5 Å². The third-order valence-electron chi connectivity index (χ3n) is 5.96. The Morgan fingerprint density at radius 1 is 0.861 bits per heavy atom. The zero-order chi connectivity index (χ0) is 25.3. The first-order valence-corrected chi connectivity index (χ1v) is 12.0. The lowest BCUT2D eigenvalue weighted by Crippen LogP contribution is -2.52. The SMILES string of the molecule is Cc1cccc(NC(=O)CN2CCN(C(=NCc3ccccc3)Nc3cccc(C(=O)O)c3)CC2)c1. The summed E-state index contributed by atoms with van der Waals surface area (Å²) in [7, 11) is 0. The number of hydrogen-bond donors (Lipinski definition) is 3. The molecule has 4 rings (SSSR count). The number of aliphatic imine (C=N–C) groups is 1. The average molecular weight is 486 g/mol. The third kappa shape index (κ3) is 7.16. The number of aryl methyl sites for hydroxylation is 1. The number of carboxylic acid groups (broad SMARTS) is 1. The minimum absolute atomic E-state index is 0.0318. The normalized spacial score (nSPS) is 14.4. The quantitative estimate of drug-likeness (QED) is 0.347. The maximum absolute atomic E-state index is 12.5. The van der Waals surface area contributed by atoms with E-state index in [1.165, 1.54) is 0 Å².